The van der Waals surface area contributed by atoms with E-state index >= 15 is 0 Å². The van der Waals surface area contributed by atoms with Gasteiger partial charge in [-0.15, -0.1) is 0 Å². The zero-order valence-electron chi connectivity index (χ0n) is 15.2. The van der Waals surface area contributed by atoms with Gasteiger partial charge in [-0.3, -0.25) is 0 Å². The molecule has 0 bridgehead atoms. The Kier molecular flexibility index (Phi) is 5.49. The molecule has 5 heteroatoms. The standard InChI is InChI=1S/C22H23FN2O2/c23-21-12-16(4-5-17(21)13-24)20-11-15(10-18-14-25-7-9-26-18)3-6-19(20)22-2-1-8-27-22/h3-6,11-12,18,22,25H,1-2,7-10,14H2. The fourth-order valence-electron chi connectivity index (χ4n) is 3.87. The largest absolute Gasteiger partial charge is 0.375 e. The molecule has 2 heterocycles. The predicted molar refractivity (Wildman–Crippen MR) is 101 cm³/mol. The number of halogens is 1. The van der Waals surface area contributed by atoms with Gasteiger partial charge in [-0.05, 0) is 53.6 Å². The average molecular weight is 366 g/mol. The van der Waals surface area contributed by atoms with Gasteiger partial charge in [0.05, 0.1) is 24.4 Å². The van der Waals surface area contributed by atoms with Crippen LogP contribution in [-0.4, -0.2) is 32.4 Å². The van der Waals surface area contributed by atoms with E-state index in [9.17, 15) is 4.39 Å². The monoisotopic (exact) mass is 366 g/mol. The van der Waals surface area contributed by atoms with Gasteiger partial charge in [0, 0.05) is 19.7 Å². The van der Waals surface area contributed by atoms with Crippen LogP contribution in [0.4, 0.5) is 4.39 Å². The second kappa shape index (κ2) is 8.18. The maximum absolute atomic E-state index is 14.2. The number of nitrogens with one attached hydrogen (secondary N) is 1. The fourth-order valence-corrected chi connectivity index (χ4v) is 3.87. The van der Waals surface area contributed by atoms with Gasteiger partial charge in [0.2, 0.25) is 0 Å². The Labute approximate surface area is 158 Å². The maximum Gasteiger partial charge on any atom is 0.141 e. The number of morpholine rings is 1. The molecular formula is C22H23FN2O2. The third kappa shape index (κ3) is 4.03. The molecule has 2 aromatic carbocycles. The summed E-state index contributed by atoms with van der Waals surface area (Å²) in [6.45, 7) is 3.22. The number of rotatable bonds is 4. The molecule has 2 aromatic rings. The quantitative estimate of drug-likeness (QED) is 0.895. The molecule has 0 aromatic heterocycles. The lowest BCUT2D eigenvalue weighted by Gasteiger charge is -2.24. The number of hydrogen-bond donors (Lipinski definition) is 1. The first-order valence-corrected chi connectivity index (χ1v) is 9.51. The summed E-state index contributed by atoms with van der Waals surface area (Å²) in [5, 5.41) is 12.4. The van der Waals surface area contributed by atoms with Crippen LogP contribution in [0.2, 0.25) is 0 Å². The Bertz CT molecular complexity index is 850. The molecule has 2 aliphatic rings. The molecule has 2 unspecified atom stereocenters. The molecule has 140 valence electrons. The Hall–Kier alpha value is -2.26. The summed E-state index contributed by atoms with van der Waals surface area (Å²) < 4.78 is 25.9. The minimum Gasteiger partial charge on any atom is -0.375 e. The van der Waals surface area contributed by atoms with Gasteiger partial charge < -0.3 is 14.8 Å². The molecule has 4 rings (SSSR count). The lowest BCUT2D eigenvalue weighted by Crippen LogP contribution is -2.39. The van der Waals surface area contributed by atoms with E-state index in [4.69, 9.17) is 14.7 Å². The van der Waals surface area contributed by atoms with Crippen molar-refractivity contribution < 1.29 is 13.9 Å². The van der Waals surface area contributed by atoms with Crippen molar-refractivity contribution in [2.24, 2.45) is 0 Å². The second-order valence-electron chi connectivity index (χ2n) is 7.13. The summed E-state index contributed by atoms with van der Waals surface area (Å²) in [7, 11) is 0. The third-order valence-electron chi connectivity index (χ3n) is 5.26. The van der Waals surface area contributed by atoms with E-state index in [0.717, 1.165) is 67.8 Å². The minimum atomic E-state index is -0.487. The number of nitriles is 1. The molecule has 0 aliphatic carbocycles. The van der Waals surface area contributed by atoms with Crippen LogP contribution in [0.25, 0.3) is 11.1 Å². The normalized spacial score (nSPS) is 22.5. The summed E-state index contributed by atoms with van der Waals surface area (Å²) in [6, 6.07) is 13.1. The maximum atomic E-state index is 14.2. The number of hydrogen-bond acceptors (Lipinski definition) is 4. The number of benzene rings is 2. The lowest BCUT2D eigenvalue weighted by molar-refractivity contribution is 0.0292. The van der Waals surface area contributed by atoms with E-state index < -0.39 is 5.82 Å². The first-order valence-electron chi connectivity index (χ1n) is 9.51. The van der Waals surface area contributed by atoms with Crippen molar-refractivity contribution in [3.63, 3.8) is 0 Å². The molecule has 4 nitrogen and oxygen atoms in total. The Morgan fingerprint density at radius 3 is 2.78 bits per heavy atom. The van der Waals surface area contributed by atoms with E-state index in [1.54, 1.807) is 6.07 Å². The van der Waals surface area contributed by atoms with Crippen molar-refractivity contribution in [3.05, 3.63) is 58.9 Å². The molecular weight excluding hydrogens is 343 g/mol. The molecule has 1 N–H and O–H groups in total. The summed E-state index contributed by atoms with van der Waals surface area (Å²) >= 11 is 0. The summed E-state index contributed by atoms with van der Waals surface area (Å²) in [5.41, 5.74) is 4.07. The minimum absolute atomic E-state index is 0.0420. The molecule has 0 radical (unpaired) electrons. The highest BCUT2D eigenvalue weighted by Crippen LogP contribution is 2.37. The van der Waals surface area contributed by atoms with E-state index in [1.807, 2.05) is 12.1 Å². The predicted octanol–water partition coefficient (Wildman–Crippen LogP) is 3.75. The zero-order chi connectivity index (χ0) is 18.6. The van der Waals surface area contributed by atoms with Gasteiger partial charge in [-0.2, -0.15) is 5.26 Å². The van der Waals surface area contributed by atoms with Crippen LogP contribution in [0.5, 0.6) is 0 Å². The fraction of sp³-hybridized carbons (Fsp3) is 0.409. The summed E-state index contributed by atoms with van der Waals surface area (Å²) in [4.78, 5) is 0. The van der Waals surface area contributed by atoms with Crippen molar-refractivity contribution in [1.29, 1.82) is 5.26 Å². The SMILES string of the molecule is N#Cc1ccc(-c2cc(CC3CNCCO3)ccc2C2CCCO2)cc1F. The first kappa shape index (κ1) is 18.1. The van der Waals surface area contributed by atoms with Gasteiger partial charge in [0.25, 0.3) is 0 Å². The van der Waals surface area contributed by atoms with Crippen molar-refractivity contribution in [3.8, 4) is 17.2 Å². The highest BCUT2D eigenvalue weighted by molar-refractivity contribution is 5.69. The molecule has 2 aliphatic heterocycles. The molecule has 0 amide bonds. The first-order chi connectivity index (χ1) is 13.2. The smallest absolute Gasteiger partial charge is 0.141 e. The molecule has 2 fully saturated rings. The van der Waals surface area contributed by atoms with E-state index in [-0.39, 0.29) is 17.8 Å². The van der Waals surface area contributed by atoms with Gasteiger partial charge in [0.15, 0.2) is 0 Å². The van der Waals surface area contributed by atoms with Crippen LogP contribution in [0.3, 0.4) is 0 Å². The highest BCUT2D eigenvalue weighted by Gasteiger charge is 2.23. The van der Waals surface area contributed by atoms with Gasteiger partial charge >= 0.3 is 0 Å². The zero-order valence-corrected chi connectivity index (χ0v) is 15.2. The van der Waals surface area contributed by atoms with Crippen molar-refractivity contribution in [1.82, 2.24) is 5.32 Å². The van der Waals surface area contributed by atoms with Crippen LogP contribution in [-0.2, 0) is 15.9 Å². The van der Waals surface area contributed by atoms with Crippen LogP contribution < -0.4 is 5.32 Å². The topological polar surface area (TPSA) is 54.3 Å². The average Bonchev–Trinajstić information content (AvgIpc) is 3.23. The van der Waals surface area contributed by atoms with E-state index in [1.165, 1.54) is 6.07 Å². The van der Waals surface area contributed by atoms with Crippen LogP contribution in [0.1, 0.15) is 35.6 Å². The van der Waals surface area contributed by atoms with Gasteiger partial charge in [-0.25, -0.2) is 4.39 Å². The van der Waals surface area contributed by atoms with Crippen molar-refractivity contribution in [2.45, 2.75) is 31.5 Å². The van der Waals surface area contributed by atoms with Crippen LogP contribution in [0, 0.1) is 17.1 Å². The molecule has 27 heavy (non-hydrogen) atoms. The Morgan fingerprint density at radius 2 is 2.07 bits per heavy atom. The summed E-state index contributed by atoms with van der Waals surface area (Å²) in [6.07, 6.45) is 3.01. The second-order valence-corrected chi connectivity index (χ2v) is 7.13. The van der Waals surface area contributed by atoms with Crippen molar-refractivity contribution in [2.75, 3.05) is 26.3 Å². The van der Waals surface area contributed by atoms with Crippen LogP contribution >= 0.6 is 0 Å². The Morgan fingerprint density at radius 1 is 1.15 bits per heavy atom. The molecule has 2 saturated heterocycles. The van der Waals surface area contributed by atoms with E-state index in [0.29, 0.717) is 0 Å². The Balaban J connectivity index is 1.70. The third-order valence-corrected chi connectivity index (χ3v) is 5.26. The van der Waals surface area contributed by atoms with E-state index in [2.05, 4.69) is 23.5 Å². The highest BCUT2D eigenvalue weighted by atomic mass is 19.1. The molecule has 2 atom stereocenters. The van der Waals surface area contributed by atoms with Gasteiger partial charge in [-0.1, -0.05) is 24.3 Å². The van der Waals surface area contributed by atoms with Gasteiger partial charge in [0.1, 0.15) is 11.9 Å². The molecule has 0 saturated carbocycles. The van der Waals surface area contributed by atoms with Crippen molar-refractivity contribution >= 4 is 0 Å². The number of ether oxygens (including phenoxy) is 2. The number of nitrogens with zero attached hydrogens (tertiary/aromatic N) is 1. The molecule has 0 spiro atoms. The lowest BCUT2D eigenvalue weighted by atomic mass is 9.91. The van der Waals surface area contributed by atoms with Crippen LogP contribution in [0.15, 0.2) is 36.4 Å². The summed E-state index contributed by atoms with van der Waals surface area (Å²) in [5.74, 6) is -0.487.